The summed E-state index contributed by atoms with van der Waals surface area (Å²) in [6.07, 6.45) is 1.19. The maximum Gasteiger partial charge on any atom is 0.123 e. The minimum atomic E-state index is -0.563. The van der Waals surface area contributed by atoms with Gasteiger partial charge in [-0.05, 0) is 35.7 Å². The van der Waals surface area contributed by atoms with Crippen LogP contribution in [-0.4, -0.2) is 35.7 Å². The van der Waals surface area contributed by atoms with E-state index in [-0.39, 0.29) is 12.0 Å². The van der Waals surface area contributed by atoms with Gasteiger partial charge in [-0.25, -0.2) is 4.98 Å². The summed E-state index contributed by atoms with van der Waals surface area (Å²) in [4.78, 5) is 4.23. The molecule has 0 spiro atoms. The number of aliphatic hydroxyl groups is 1. The smallest absolute Gasteiger partial charge is 0.123 e. The predicted octanol–water partition coefficient (Wildman–Crippen LogP) is 3.92. The molecule has 0 aliphatic heterocycles. The van der Waals surface area contributed by atoms with E-state index in [1.54, 1.807) is 13.3 Å². The molecule has 1 aromatic heterocycles. The van der Waals surface area contributed by atoms with Crippen LogP contribution in [0.15, 0.2) is 47.6 Å². The Labute approximate surface area is 148 Å². The molecule has 1 atom stereocenters. The molecule has 0 fully saturated rings. The standard InChI is InChI=1S/C19H25NO3S/c1-19(2,3)16-11-15(22-4)8-9-17(16)23-12-14(21)13-24-18-7-5-6-10-20-18/h5-11,14,21H,12-13H2,1-4H3/t14-/m0/s1. The summed E-state index contributed by atoms with van der Waals surface area (Å²) >= 11 is 1.52. The summed E-state index contributed by atoms with van der Waals surface area (Å²) in [5.41, 5.74) is 0.990. The highest BCUT2D eigenvalue weighted by Gasteiger charge is 2.20. The molecule has 24 heavy (non-hydrogen) atoms. The van der Waals surface area contributed by atoms with Gasteiger partial charge in [-0.3, -0.25) is 0 Å². The number of rotatable bonds is 7. The van der Waals surface area contributed by atoms with Gasteiger partial charge >= 0.3 is 0 Å². The topological polar surface area (TPSA) is 51.6 Å². The zero-order valence-corrected chi connectivity index (χ0v) is 15.5. The van der Waals surface area contributed by atoms with Crippen LogP contribution in [0.4, 0.5) is 0 Å². The van der Waals surface area contributed by atoms with E-state index in [9.17, 15) is 5.11 Å². The number of nitrogens with zero attached hydrogens (tertiary/aromatic N) is 1. The zero-order chi connectivity index (χ0) is 17.6. The average molecular weight is 347 g/mol. The molecule has 1 aromatic carbocycles. The number of ether oxygens (including phenoxy) is 2. The zero-order valence-electron chi connectivity index (χ0n) is 14.7. The van der Waals surface area contributed by atoms with Crippen molar-refractivity contribution in [2.75, 3.05) is 19.5 Å². The van der Waals surface area contributed by atoms with Crippen LogP contribution in [0, 0.1) is 0 Å². The van der Waals surface area contributed by atoms with Crippen molar-refractivity contribution in [2.24, 2.45) is 0 Å². The van der Waals surface area contributed by atoms with Gasteiger partial charge in [0.25, 0.3) is 0 Å². The molecule has 2 rings (SSSR count). The number of thioether (sulfide) groups is 1. The first-order chi connectivity index (χ1) is 11.4. The lowest BCUT2D eigenvalue weighted by Crippen LogP contribution is -2.22. The lowest BCUT2D eigenvalue weighted by Gasteiger charge is -2.24. The Balaban J connectivity index is 1.95. The molecule has 0 radical (unpaired) electrons. The first-order valence-corrected chi connectivity index (χ1v) is 8.92. The SMILES string of the molecule is COc1ccc(OC[C@H](O)CSc2ccccn2)c(C(C)(C)C)c1. The van der Waals surface area contributed by atoms with Gasteiger partial charge in [0.05, 0.1) is 18.2 Å². The van der Waals surface area contributed by atoms with Gasteiger partial charge in [0.1, 0.15) is 18.1 Å². The quantitative estimate of drug-likeness (QED) is 0.769. The lowest BCUT2D eigenvalue weighted by molar-refractivity contribution is 0.125. The van der Waals surface area contributed by atoms with E-state index >= 15 is 0 Å². The number of aromatic nitrogens is 1. The van der Waals surface area contributed by atoms with Crippen molar-refractivity contribution < 1.29 is 14.6 Å². The fourth-order valence-electron chi connectivity index (χ4n) is 2.20. The van der Waals surface area contributed by atoms with E-state index in [4.69, 9.17) is 9.47 Å². The highest BCUT2D eigenvalue weighted by Crippen LogP contribution is 2.34. The van der Waals surface area contributed by atoms with E-state index in [1.165, 1.54) is 11.8 Å². The minimum Gasteiger partial charge on any atom is -0.497 e. The Bertz CT molecular complexity index is 641. The van der Waals surface area contributed by atoms with Gasteiger partial charge in [0.15, 0.2) is 0 Å². The molecule has 0 aliphatic rings. The fraction of sp³-hybridized carbons (Fsp3) is 0.421. The van der Waals surface area contributed by atoms with Crippen molar-refractivity contribution in [3.05, 3.63) is 48.2 Å². The number of pyridine rings is 1. The molecule has 0 amide bonds. The van der Waals surface area contributed by atoms with Crippen LogP contribution in [0.3, 0.4) is 0 Å². The van der Waals surface area contributed by atoms with Gasteiger partial charge in [-0.1, -0.05) is 26.8 Å². The third-order valence-electron chi connectivity index (χ3n) is 3.49. The second-order valence-electron chi connectivity index (χ2n) is 6.56. The van der Waals surface area contributed by atoms with Crippen LogP contribution in [0.1, 0.15) is 26.3 Å². The lowest BCUT2D eigenvalue weighted by atomic mass is 9.86. The maximum atomic E-state index is 10.2. The predicted molar refractivity (Wildman–Crippen MR) is 98.2 cm³/mol. The van der Waals surface area contributed by atoms with Crippen LogP contribution in [-0.2, 0) is 5.41 Å². The highest BCUT2D eigenvalue weighted by molar-refractivity contribution is 7.99. The largest absolute Gasteiger partial charge is 0.497 e. The number of benzene rings is 1. The third-order valence-corrected chi connectivity index (χ3v) is 4.58. The number of methoxy groups -OCH3 is 1. The summed E-state index contributed by atoms with van der Waals surface area (Å²) in [5.74, 6) is 2.13. The van der Waals surface area contributed by atoms with Gasteiger partial charge in [-0.15, -0.1) is 11.8 Å². The van der Waals surface area contributed by atoms with Crippen LogP contribution in [0.5, 0.6) is 11.5 Å². The molecule has 4 nitrogen and oxygen atoms in total. The number of hydrogen-bond donors (Lipinski definition) is 1. The van der Waals surface area contributed by atoms with E-state index in [0.717, 1.165) is 22.1 Å². The van der Waals surface area contributed by atoms with Crippen molar-refractivity contribution >= 4 is 11.8 Å². The summed E-state index contributed by atoms with van der Waals surface area (Å²) in [5, 5.41) is 11.1. The fourth-order valence-corrected chi connectivity index (χ4v) is 2.97. The Kier molecular flexibility index (Phi) is 6.52. The normalized spacial score (nSPS) is 12.7. The van der Waals surface area contributed by atoms with Gasteiger partial charge < -0.3 is 14.6 Å². The molecule has 5 heteroatoms. The summed E-state index contributed by atoms with van der Waals surface area (Å²) in [6.45, 7) is 6.63. The number of aliphatic hydroxyl groups excluding tert-OH is 1. The molecular formula is C19H25NO3S. The maximum absolute atomic E-state index is 10.2. The monoisotopic (exact) mass is 347 g/mol. The van der Waals surface area contributed by atoms with E-state index in [2.05, 4.69) is 25.8 Å². The summed E-state index contributed by atoms with van der Waals surface area (Å²) in [7, 11) is 1.65. The Morgan fingerprint density at radius 3 is 2.62 bits per heavy atom. The minimum absolute atomic E-state index is 0.0719. The third kappa shape index (κ3) is 5.42. The molecule has 0 aliphatic carbocycles. The van der Waals surface area contributed by atoms with Crippen LogP contribution >= 0.6 is 11.8 Å². The van der Waals surface area contributed by atoms with Crippen molar-refractivity contribution in [3.63, 3.8) is 0 Å². The average Bonchev–Trinajstić information content (AvgIpc) is 2.58. The van der Waals surface area contributed by atoms with Crippen molar-refractivity contribution in [2.45, 2.75) is 37.3 Å². The van der Waals surface area contributed by atoms with E-state index in [1.807, 2.05) is 36.4 Å². The first-order valence-electron chi connectivity index (χ1n) is 7.93. The molecule has 0 saturated carbocycles. The molecule has 2 aromatic rings. The molecule has 0 bridgehead atoms. The van der Waals surface area contributed by atoms with Gasteiger partial charge in [0.2, 0.25) is 0 Å². The van der Waals surface area contributed by atoms with Gasteiger partial charge in [0, 0.05) is 17.5 Å². The molecule has 0 unspecified atom stereocenters. The van der Waals surface area contributed by atoms with Gasteiger partial charge in [-0.2, -0.15) is 0 Å². The Morgan fingerprint density at radius 1 is 1.21 bits per heavy atom. The molecule has 1 N–H and O–H groups in total. The summed E-state index contributed by atoms with van der Waals surface area (Å²) in [6, 6.07) is 11.5. The van der Waals surface area contributed by atoms with Crippen molar-refractivity contribution in [1.29, 1.82) is 0 Å². The second-order valence-corrected chi connectivity index (χ2v) is 7.60. The molecule has 130 valence electrons. The molecule has 1 heterocycles. The van der Waals surface area contributed by atoms with Crippen molar-refractivity contribution in [1.82, 2.24) is 4.98 Å². The summed E-state index contributed by atoms with van der Waals surface area (Å²) < 4.78 is 11.2. The van der Waals surface area contributed by atoms with Crippen LogP contribution in [0.25, 0.3) is 0 Å². The van der Waals surface area contributed by atoms with Crippen molar-refractivity contribution in [3.8, 4) is 11.5 Å². The van der Waals surface area contributed by atoms with Crippen LogP contribution in [0.2, 0.25) is 0 Å². The second kappa shape index (κ2) is 8.40. The first kappa shape index (κ1) is 18.6. The molecule has 0 saturated heterocycles. The highest BCUT2D eigenvalue weighted by atomic mass is 32.2. The Morgan fingerprint density at radius 2 is 2.00 bits per heavy atom. The van der Waals surface area contributed by atoms with E-state index < -0.39 is 6.10 Å². The van der Waals surface area contributed by atoms with Crippen LogP contribution < -0.4 is 9.47 Å². The van der Waals surface area contributed by atoms with E-state index in [0.29, 0.717) is 5.75 Å². The molecular weight excluding hydrogens is 322 g/mol. The number of hydrogen-bond acceptors (Lipinski definition) is 5. The Hall–Kier alpha value is -1.72.